The molecule has 0 aliphatic carbocycles. The molecule has 5 heteroatoms. The van der Waals surface area contributed by atoms with Crippen LogP contribution in [0, 0.1) is 6.92 Å². The molecule has 1 aromatic carbocycles. The quantitative estimate of drug-likeness (QED) is 0.890. The fraction of sp³-hybridized carbons (Fsp3) is 0.182. The molecule has 1 N–H and O–H groups in total. The number of ether oxygens (including phenoxy) is 1. The molecule has 0 saturated carbocycles. The Balaban J connectivity index is 2.54. The summed E-state index contributed by atoms with van der Waals surface area (Å²) in [7, 11) is 1.55. The van der Waals surface area contributed by atoms with Gasteiger partial charge in [-0.05, 0) is 19.1 Å². The standard InChI is InChI=1S/C11H10Cl2N2O/c1-6-3-10(15-14-6)7-4-9(13)11(16-2)5-8(7)12/h3-5H,1-2H3,(H,14,15). The lowest BCUT2D eigenvalue weighted by Crippen LogP contribution is -1.87. The molecule has 0 bridgehead atoms. The van der Waals surface area contributed by atoms with Crippen molar-refractivity contribution in [1.29, 1.82) is 0 Å². The molecule has 84 valence electrons. The van der Waals surface area contributed by atoms with Gasteiger partial charge in [-0.25, -0.2) is 0 Å². The van der Waals surface area contributed by atoms with Crippen LogP contribution in [-0.4, -0.2) is 17.3 Å². The van der Waals surface area contributed by atoms with E-state index >= 15 is 0 Å². The van der Waals surface area contributed by atoms with Gasteiger partial charge in [0.25, 0.3) is 0 Å². The smallest absolute Gasteiger partial charge is 0.138 e. The SMILES string of the molecule is COc1cc(Cl)c(-c2cc(C)[nH]n2)cc1Cl. The monoisotopic (exact) mass is 256 g/mol. The van der Waals surface area contributed by atoms with E-state index in [1.165, 1.54) is 0 Å². The van der Waals surface area contributed by atoms with Crippen molar-refractivity contribution < 1.29 is 4.74 Å². The maximum absolute atomic E-state index is 6.13. The number of aromatic nitrogens is 2. The van der Waals surface area contributed by atoms with Crippen LogP contribution in [0.2, 0.25) is 10.0 Å². The average molecular weight is 257 g/mol. The van der Waals surface area contributed by atoms with E-state index < -0.39 is 0 Å². The van der Waals surface area contributed by atoms with Crippen LogP contribution < -0.4 is 4.74 Å². The van der Waals surface area contributed by atoms with Gasteiger partial charge in [-0.1, -0.05) is 23.2 Å². The third-order valence-corrected chi connectivity index (χ3v) is 2.83. The summed E-state index contributed by atoms with van der Waals surface area (Å²) in [4.78, 5) is 0. The molecule has 0 radical (unpaired) electrons. The maximum Gasteiger partial charge on any atom is 0.138 e. The van der Waals surface area contributed by atoms with Crippen LogP contribution in [0.25, 0.3) is 11.3 Å². The number of H-pyrrole nitrogens is 1. The summed E-state index contributed by atoms with van der Waals surface area (Å²) in [6.45, 7) is 1.93. The molecule has 0 spiro atoms. The molecule has 1 aromatic heterocycles. The second-order valence-corrected chi connectivity index (χ2v) is 4.22. The van der Waals surface area contributed by atoms with Crippen molar-refractivity contribution in [3.05, 3.63) is 33.9 Å². The van der Waals surface area contributed by atoms with Gasteiger partial charge in [0.15, 0.2) is 0 Å². The molecule has 16 heavy (non-hydrogen) atoms. The summed E-state index contributed by atoms with van der Waals surface area (Å²) in [6.07, 6.45) is 0. The number of nitrogens with zero attached hydrogens (tertiary/aromatic N) is 1. The molecule has 0 aliphatic heterocycles. The third-order valence-electron chi connectivity index (χ3n) is 2.22. The number of hydrogen-bond acceptors (Lipinski definition) is 2. The van der Waals surface area contributed by atoms with Crippen LogP contribution in [0.5, 0.6) is 5.75 Å². The van der Waals surface area contributed by atoms with E-state index in [2.05, 4.69) is 10.2 Å². The molecule has 0 saturated heterocycles. The zero-order valence-electron chi connectivity index (χ0n) is 8.84. The van der Waals surface area contributed by atoms with Gasteiger partial charge in [0, 0.05) is 17.3 Å². The van der Waals surface area contributed by atoms with Crippen molar-refractivity contribution in [2.45, 2.75) is 6.92 Å². The average Bonchev–Trinajstić information content (AvgIpc) is 2.67. The molecule has 2 rings (SSSR count). The first-order chi connectivity index (χ1) is 7.61. The maximum atomic E-state index is 6.13. The largest absolute Gasteiger partial charge is 0.495 e. The molecule has 1 heterocycles. The van der Waals surface area contributed by atoms with Crippen molar-refractivity contribution >= 4 is 23.2 Å². The van der Waals surface area contributed by atoms with Gasteiger partial charge < -0.3 is 4.74 Å². The van der Waals surface area contributed by atoms with Gasteiger partial charge in [0.2, 0.25) is 0 Å². The van der Waals surface area contributed by atoms with Crippen LogP contribution in [-0.2, 0) is 0 Å². The van der Waals surface area contributed by atoms with Gasteiger partial charge in [0.1, 0.15) is 5.75 Å². The van der Waals surface area contributed by atoms with E-state index in [0.29, 0.717) is 15.8 Å². The third kappa shape index (κ3) is 2.01. The number of halogens is 2. The van der Waals surface area contributed by atoms with Crippen molar-refractivity contribution in [3.8, 4) is 17.0 Å². The number of aryl methyl sites for hydroxylation is 1. The number of aromatic amines is 1. The number of benzene rings is 1. The van der Waals surface area contributed by atoms with Crippen molar-refractivity contribution in [1.82, 2.24) is 10.2 Å². The molecule has 0 atom stereocenters. The van der Waals surface area contributed by atoms with Gasteiger partial charge >= 0.3 is 0 Å². The van der Waals surface area contributed by atoms with Gasteiger partial charge in [-0.2, -0.15) is 5.10 Å². The zero-order chi connectivity index (χ0) is 11.7. The Bertz CT molecular complexity index is 523. The molecule has 2 aromatic rings. The Morgan fingerprint density at radius 1 is 1.19 bits per heavy atom. The lowest BCUT2D eigenvalue weighted by molar-refractivity contribution is 0.415. The van der Waals surface area contributed by atoms with Gasteiger partial charge in [-0.15, -0.1) is 0 Å². The van der Waals surface area contributed by atoms with Crippen molar-refractivity contribution in [2.24, 2.45) is 0 Å². The molecule has 0 amide bonds. The first kappa shape index (κ1) is 11.3. The van der Waals surface area contributed by atoms with Crippen LogP contribution in [0.4, 0.5) is 0 Å². The van der Waals surface area contributed by atoms with Crippen LogP contribution in [0.1, 0.15) is 5.69 Å². The molecular weight excluding hydrogens is 247 g/mol. The van der Waals surface area contributed by atoms with E-state index in [0.717, 1.165) is 17.0 Å². The highest BCUT2D eigenvalue weighted by molar-refractivity contribution is 6.36. The number of methoxy groups -OCH3 is 1. The van der Waals surface area contributed by atoms with Gasteiger partial charge in [-0.3, -0.25) is 5.10 Å². The van der Waals surface area contributed by atoms with Gasteiger partial charge in [0.05, 0.1) is 22.8 Å². The minimum absolute atomic E-state index is 0.516. The highest BCUT2D eigenvalue weighted by atomic mass is 35.5. The first-order valence-corrected chi connectivity index (χ1v) is 5.43. The van der Waals surface area contributed by atoms with Crippen molar-refractivity contribution in [2.75, 3.05) is 7.11 Å². The Hall–Kier alpha value is -1.19. The number of nitrogens with one attached hydrogen (secondary N) is 1. The Morgan fingerprint density at radius 3 is 2.50 bits per heavy atom. The summed E-state index contributed by atoms with van der Waals surface area (Å²) >= 11 is 12.2. The number of hydrogen-bond donors (Lipinski definition) is 1. The highest BCUT2D eigenvalue weighted by Gasteiger charge is 2.11. The molecule has 3 nitrogen and oxygen atoms in total. The second-order valence-electron chi connectivity index (χ2n) is 3.40. The van der Waals surface area contributed by atoms with Crippen LogP contribution >= 0.6 is 23.2 Å². The minimum atomic E-state index is 0.516. The summed E-state index contributed by atoms with van der Waals surface area (Å²) in [5.74, 6) is 0.558. The lowest BCUT2D eigenvalue weighted by atomic mass is 10.1. The lowest BCUT2D eigenvalue weighted by Gasteiger charge is -2.06. The fourth-order valence-corrected chi connectivity index (χ4v) is 1.93. The molecule has 0 aliphatic rings. The number of rotatable bonds is 2. The molecular formula is C11H10Cl2N2O. The van der Waals surface area contributed by atoms with E-state index in [-0.39, 0.29) is 0 Å². The van der Waals surface area contributed by atoms with E-state index in [1.807, 2.05) is 13.0 Å². The van der Waals surface area contributed by atoms with Crippen molar-refractivity contribution in [3.63, 3.8) is 0 Å². The predicted molar refractivity (Wildman–Crippen MR) is 65.3 cm³/mol. The fourth-order valence-electron chi connectivity index (χ4n) is 1.44. The Labute approximate surface area is 103 Å². The van der Waals surface area contributed by atoms with Crippen LogP contribution in [0.3, 0.4) is 0 Å². The zero-order valence-corrected chi connectivity index (χ0v) is 10.4. The predicted octanol–water partition coefficient (Wildman–Crippen LogP) is 3.70. The van der Waals surface area contributed by atoms with E-state index in [9.17, 15) is 0 Å². The Morgan fingerprint density at radius 2 is 1.94 bits per heavy atom. The second kappa shape index (κ2) is 4.36. The summed E-state index contributed by atoms with van der Waals surface area (Å²) < 4.78 is 5.08. The minimum Gasteiger partial charge on any atom is -0.495 e. The Kier molecular flexibility index (Phi) is 3.08. The molecule has 0 unspecified atom stereocenters. The van der Waals surface area contributed by atoms with Crippen LogP contribution in [0.15, 0.2) is 18.2 Å². The topological polar surface area (TPSA) is 37.9 Å². The van der Waals surface area contributed by atoms with E-state index in [4.69, 9.17) is 27.9 Å². The normalized spacial score (nSPS) is 10.5. The first-order valence-electron chi connectivity index (χ1n) is 4.67. The summed E-state index contributed by atoms with van der Waals surface area (Å²) in [6, 6.07) is 5.34. The summed E-state index contributed by atoms with van der Waals surface area (Å²) in [5.41, 5.74) is 2.53. The highest BCUT2D eigenvalue weighted by Crippen LogP contribution is 2.35. The molecule has 0 fully saturated rings. The summed E-state index contributed by atoms with van der Waals surface area (Å²) in [5, 5.41) is 8.07. The van der Waals surface area contributed by atoms with E-state index in [1.54, 1.807) is 19.2 Å².